The van der Waals surface area contributed by atoms with Crippen LogP contribution in [0.15, 0.2) is 0 Å². The maximum Gasteiger partial charge on any atom is 0.326 e. The van der Waals surface area contributed by atoms with Crippen LogP contribution in [0.1, 0.15) is 20.3 Å². The Bertz CT molecular complexity index is 255. The summed E-state index contributed by atoms with van der Waals surface area (Å²) in [6, 6.07) is -0.642. The van der Waals surface area contributed by atoms with Gasteiger partial charge in [0.05, 0.1) is 6.54 Å². The van der Waals surface area contributed by atoms with Gasteiger partial charge < -0.3 is 15.3 Å². The summed E-state index contributed by atoms with van der Waals surface area (Å²) in [6.07, 6.45) is 0.773. The van der Waals surface area contributed by atoms with Gasteiger partial charge in [-0.15, -0.1) is 0 Å². The van der Waals surface area contributed by atoms with Gasteiger partial charge in [0.15, 0.2) is 0 Å². The summed E-state index contributed by atoms with van der Waals surface area (Å²) in [5, 5.41) is 11.9. The molecule has 1 fully saturated rings. The zero-order valence-corrected chi connectivity index (χ0v) is 9.19. The molecule has 2 unspecified atom stereocenters. The molecule has 0 bridgehead atoms. The summed E-state index contributed by atoms with van der Waals surface area (Å²) in [7, 11) is 0. The van der Waals surface area contributed by atoms with Crippen LogP contribution in [0.4, 0.5) is 0 Å². The number of carboxylic acid groups (broad SMARTS) is 1. The zero-order valence-electron chi connectivity index (χ0n) is 9.19. The fourth-order valence-corrected chi connectivity index (χ4v) is 1.94. The van der Waals surface area contributed by atoms with Crippen LogP contribution in [0, 0.1) is 5.92 Å². The molecule has 15 heavy (non-hydrogen) atoms. The van der Waals surface area contributed by atoms with E-state index < -0.39 is 12.0 Å². The van der Waals surface area contributed by atoms with Crippen molar-refractivity contribution in [3.63, 3.8) is 0 Å². The minimum absolute atomic E-state index is 0.0491. The molecule has 1 saturated heterocycles. The number of amides is 1. The first-order valence-electron chi connectivity index (χ1n) is 5.31. The van der Waals surface area contributed by atoms with Crippen LogP contribution >= 0.6 is 0 Å². The van der Waals surface area contributed by atoms with Crippen LogP contribution in [0.2, 0.25) is 0 Å². The summed E-state index contributed by atoms with van der Waals surface area (Å²) in [4.78, 5) is 24.1. The molecule has 1 amide bonds. The molecular formula is C10H18N2O3. The smallest absolute Gasteiger partial charge is 0.326 e. The molecule has 2 atom stereocenters. The largest absolute Gasteiger partial charge is 0.480 e. The SMILES string of the molecule is CCNCC(=O)N1CCC(C)C1C(=O)O. The topological polar surface area (TPSA) is 69.6 Å². The van der Waals surface area contributed by atoms with E-state index in [2.05, 4.69) is 5.32 Å². The lowest BCUT2D eigenvalue weighted by atomic mass is 10.0. The molecule has 0 aromatic carbocycles. The Labute approximate surface area is 89.4 Å². The lowest BCUT2D eigenvalue weighted by Crippen LogP contribution is -2.46. The number of hydrogen-bond donors (Lipinski definition) is 2. The Morgan fingerprint density at radius 3 is 2.73 bits per heavy atom. The van der Waals surface area contributed by atoms with E-state index in [1.54, 1.807) is 0 Å². The highest BCUT2D eigenvalue weighted by Gasteiger charge is 2.38. The van der Waals surface area contributed by atoms with E-state index in [1.807, 2.05) is 13.8 Å². The highest BCUT2D eigenvalue weighted by Crippen LogP contribution is 2.23. The summed E-state index contributed by atoms with van der Waals surface area (Å²) in [5.41, 5.74) is 0. The third kappa shape index (κ3) is 2.68. The molecular weight excluding hydrogens is 196 g/mol. The molecule has 1 aliphatic rings. The molecule has 1 rings (SSSR count). The van der Waals surface area contributed by atoms with Gasteiger partial charge in [0.25, 0.3) is 0 Å². The number of hydrogen-bond acceptors (Lipinski definition) is 3. The van der Waals surface area contributed by atoms with Crippen molar-refractivity contribution in [3.8, 4) is 0 Å². The predicted octanol–water partition coefficient (Wildman–Crippen LogP) is -0.0825. The van der Waals surface area contributed by atoms with Crippen molar-refractivity contribution in [2.24, 2.45) is 5.92 Å². The van der Waals surface area contributed by atoms with Crippen LogP contribution in [-0.4, -0.2) is 47.6 Å². The van der Waals surface area contributed by atoms with Crippen molar-refractivity contribution >= 4 is 11.9 Å². The van der Waals surface area contributed by atoms with Gasteiger partial charge in [0.1, 0.15) is 6.04 Å². The van der Waals surface area contributed by atoms with Crippen molar-refractivity contribution in [2.45, 2.75) is 26.3 Å². The number of carboxylic acids is 1. The number of carbonyl (C=O) groups is 2. The van der Waals surface area contributed by atoms with Crippen molar-refractivity contribution in [2.75, 3.05) is 19.6 Å². The van der Waals surface area contributed by atoms with E-state index in [0.717, 1.165) is 6.42 Å². The fraction of sp³-hybridized carbons (Fsp3) is 0.800. The van der Waals surface area contributed by atoms with E-state index in [4.69, 9.17) is 5.11 Å². The van der Waals surface area contributed by atoms with Gasteiger partial charge in [0, 0.05) is 6.54 Å². The molecule has 2 N–H and O–H groups in total. The second kappa shape index (κ2) is 5.11. The number of rotatable bonds is 4. The van der Waals surface area contributed by atoms with Crippen molar-refractivity contribution < 1.29 is 14.7 Å². The number of nitrogens with zero attached hydrogens (tertiary/aromatic N) is 1. The Kier molecular flexibility index (Phi) is 4.08. The summed E-state index contributed by atoms with van der Waals surface area (Å²) < 4.78 is 0. The molecule has 5 nitrogen and oxygen atoms in total. The minimum Gasteiger partial charge on any atom is -0.480 e. The van der Waals surface area contributed by atoms with Gasteiger partial charge in [-0.25, -0.2) is 4.79 Å². The van der Waals surface area contributed by atoms with Crippen molar-refractivity contribution in [1.29, 1.82) is 0 Å². The van der Waals surface area contributed by atoms with E-state index >= 15 is 0 Å². The predicted molar refractivity (Wildman–Crippen MR) is 55.5 cm³/mol. The third-order valence-electron chi connectivity index (χ3n) is 2.80. The first-order chi connectivity index (χ1) is 7.07. The molecule has 0 spiro atoms. The molecule has 1 aliphatic heterocycles. The van der Waals surface area contributed by atoms with Gasteiger partial charge in [0.2, 0.25) is 5.91 Å². The number of likely N-dealkylation sites (N-methyl/N-ethyl adjacent to an activating group) is 1. The average molecular weight is 214 g/mol. The van der Waals surface area contributed by atoms with E-state index in [0.29, 0.717) is 13.1 Å². The van der Waals surface area contributed by atoms with Crippen LogP contribution in [-0.2, 0) is 9.59 Å². The quantitative estimate of drug-likeness (QED) is 0.686. The Morgan fingerprint density at radius 1 is 1.53 bits per heavy atom. The van der Waals surface area contributed by atoms with Crippen LogP contribution in [0.25, 0.3) is 0 Å². The molecule has 0 radical (unpaired) electrons. The Hall–Kier alpha value is -1.10. The highest BCUT2D eigenvalue weighted by atomic mass is 16.4. The van der Waals surface area contributed by atoms with Gasteiger partial charge >= 0.3 is 5.97 Å². The van der Waals surface area contributed by atoms with Gasteiger partial charge in [-0.05, 0) is 18.9 Å². The molecule has 0 aromatic rings. The normalized spacial score (nSPS) is 25.6. The molecule has 0 aromatic heterocycles. The summed E-state index contributed by atoms with van der Waals surface area (Å²) in [6.45, 7) is 5.29. The van der Waals surface area contributed by atoms with Crippen LogP contribution < -0.4 is 5.32 Å². The monoisotopic (exact) mass is 214 g/mol. The fourth-order valence-electron chi connectivity index (χ4n) is 1.94. The standard InChI is InChI=1S/C10H18N2O3/c1-3-11-6-8(13)12-5-4-7(2)9(12)10(14)15/h7,9,11H,3-6H2,1-2H3,(H,14,15). The van der Waals surface area contributed by atoms with Crippen molar-refractivity contribution in [1.82, 2.24) is 10.2 Å². The average Bonchev–Trinajstić information content (AvgIpc) is 2.56. The number of likely N-dealkylation sites (tertiary alicyclic amines) is 1. The number of nitrogens with one attached hydrogen (secondary N) is 1. The van der Waals surface area contributed by atoms with Gasteiger partial charge in [-0.1, -0.05) is 13.8 Å². The summed E-state index contributed by atoms with van der Waals surface area (Å²) >= 11 is 0. The summed E-state index contributed by atoms with van der Waals surface area (Å²) in [5.74, 6) is -0.966. The lowest BCUT2D eigenvalue weighted by molar-refractivity contribution is -0.149. The van der Waals surface area contributed by atoms with E-state index in [1.165, 1.54) is 4.90 Å². The third-order valence-corrected chi connectivity index (χ3v) is 2.80. The maximum atomic E-state index is 11.7. The highest BCUT2D eigenvalue weighted by molar-refractivity contribution is 5.85. The van der Waals surface area contributed by atoms with Gasteiger partial charge in [-0.3, -0.25) is 4.79 Å². The lowest BCUT2D eigenvalue weighted by Gasteiger charge is -2.23. The first-order valence-corrected chi connectivity index (χ1v) is 5.31. The molecule has 86 valence electrons. The second-order valence-electron chi connectivity index (χ2n) is 3.92. The Morgan fingerprint density at radius 2 is 2.20 bits per heavy atom. The second-order valence-corrected chi connectivity index (χ2v) is 3.92. The minimum atomic E-state index is -0.898. The molecule has 1 heterocycles. The first kappa shape index (κ1) is 12.0. The maximum absolute atomic E-state index is 11.7. The molecule has 0 aliphatic carbocycles. The number of carbonyl (C=O) groups excluding carboxylic acids is 1. The molecule has 5 heteroatoms. The van der Waals surface area contributed by atoms with Crippen LogP contribution in [0.5, 0.6) is 0 Å². The van der Waals surface area contributed by atoms with E-state index in [9.17, 15) is 9.59 Å². The zero-order chi connectivity index (χ0) is 11.4. The molecule has 0 saturated carbocycles. The van der Waals surface area contributed by atoms with Crippen molar-refractivity contribution in [3.05, 3.63) is 0 Å². The number of aliphatic carboxylic acids is 1. The Balaban J connectivity index is 2.60. The van der Waals surface area contributed by atoms with Crippen LogP contribution in [0.3, 0.4) is 0 Å². The van der Waals surface area contributed by atoms with Gasteiger partial charge in [-0.2, -0.15) is 0 Å². The van der Waals surface area contributed by atoms with E-state index in [-0.39, 0.29) is 18.4 Å².